The standard InChI is InChI=1S/C20H17N/c21-20(18-14-8-3-9-15-18)19(16-10-4-1-5-11-16)17-12-6-2-7-13-17/h1-15,19,21H. The molecule has 0 saturated carbocycles. The predicted molar refractivity (Wildman–Crippen MR) is 88.0 cm³/mol. The first-order chi connectivity index (χ1) is 10.4. The fourth-order valence-electron chi connectivity index (χ4n) is 2.60. The molecule has 21 heavy (non-hydrogen) atoms. The summed E-state index contributed by atoms with van der Waals surface area (Å²) in [5.41, 5.74) is 3.90. The second kappa shape index (κ2) is 6.19. The molecular formula is C20H17N. The number of hydrogen-bond donors (Lipinski definition) is 1. The van der Waals surface area contributed by atoms with Gasteiger partial charge in [0.2, 0.25) is 0 Å². The van der Waals surface area contributed by atoms with Gasteiger partial charge < -0.3 is 5.41 Å². The van der Waals surface area contributed by atoms with Crippen LogP contribution in [-0.2, 0) is 0 Å². The van der Waals surface area contributed by atoms with Gasteiger partial charge in [-0.15, -0.1) is 0 Å². The van der Waals surface area contributed by atoms with Gasteiger partial charge in [-0.3, -0.25) is 0 Å². The van der Waals surface area contributed by atoms with Crippen LogP contribution >= 0.6 is 0 Å². The van der Waals surface area contributed by atoms with E-state index in [1.54, 1.807) is 0 Å². The monoisotopic (exact) mass is 271 g/mol. The Balaban J connectivity index is 2.07. The molecule has 1 heteroatoms. The lowest BCUT2D eigenvalue weighted by molar-refractivity contribution is 1.06. The van der Waals surface area contributed by atoms with Crippen LogP contribution in [0.15, 0.2) is 91.0 Å². The summed E-state index contributed by atoms with van der Waals surface area (Å²) in [6.45, 7) is 0. The summed E-state index contributed by atoms with van der Waals surface area (Å²) in [6, 6.07) is 30.5. The first kappa shape index (κ1) is 13.3. The maximum Gasteiger partial charge on any atom is 0.0511 e. The van der Waals surface area contributed by atoms with Crippen molar-refractivity contribution < 1.29 is 0 Å². The van der Waals surface area contributed by atoms with Gasteiger partial charge in [-0.1, -0.05) is 91.0 Å². The minimum Gasteiger partial charge on any atom is -0.304 e. The number of nitrogens with one attached hydrogen (secondary N) is 1. The van der Waals surface area contributed by atoms with Gasteiger partial charge in [-0.2, -0.15) is 0 Å². The molecule has 0 radical (unpaired) electrons. The van der Waals surface area contributed by atoms with Gasteiger partial charge >= 0.3 is 0 Å². The molecule has 3 aromatic carbocycles. The summed E-state index contributed by atoms with van der Waals surface area (Å²) in [7, 11) is 0. The molecule has 1 N–H and O–H groups in total. The zero-order chi connectivity index (χ0) is 14.5. The summed E-state index contributed by atoms with van der Waals surface area (Å²) in [6.07, 6.45) is 0. The predicted octanol–water partition coefficient (Wildman–Crippen LogP) is 4.89. The summed E-state index contributed by atoms with van der Waals surface area (Å²) in [4.78, 5) is 0. The third kappa shape index (κ3) is 2.92. The lowest BCUT2D eigenvalue weighted by Gasteiger charge is -2.19. The molecule has 0 bridgehead atoms. The lowest BCUT2D eigenvalue weighted by atomic mass is 9.84. The normalized spacial score (nSPS) is 10.5. The highest BCUT2D eigenvalue weighted by Gasteiger charge is 2.20. The molecule has 3 aromatic rings. The molecule has 0 heterocycles. The summed E-state index contributed by atoms with van der Waals surface area (Å²) < 4.78 is 0. The van der Waals surface area contributed by atoms with Crippen molar-refractivity contribution in [1.29, 1.82) is 5.41 Å². The smallest absolute Gasteiger partial charge is 0.0511 e. The second-order valence-corrected chi connectivity index (χ2v) is 5.03. The highest BCUT2D eigenvalue weighted by atomic mass is 14.5. The van der Waals surface area contributed by atoms with Gasteiger partial charge in [0.15, 0.2) is 0 Å². The molecule has 0 saturated heterocycles. The summed E-state index contributed by atoms with van der Waals surface area (Å²) >= 11 is 0. The van der Waals surface area contributed by atoms with Crippen molar-refractivity contribution >= 4 is 5.71 Å². The third-order valence-electron chi connectivity index (χ3n) is 3.64. The lowest BCUT2D eigenvalue weighted by Crippen LogP contribution is -2.14. The maximum atomic E-state index is 8.66. The second-order valence-electron chi connectivity index (χ2n) is 5.03. The van der Waals surface area contributed by atoms with E-state index in [2.05, 4.69) is 24.3 Å². The van der Waals surface area contributed by atoms with Crippen molar-refractivity contribution in [2.75, 3.05) is 0 Å². The Bertz CT molecular complexity index is 663. The summed E-state index contributed by atoms with van der Waals surface area (Å²) in [5.74, 6) is -0.0326. The average molecular weight is 271 g/mol. The Morgan fingerprint density at radius 1 is 0.571 bits per heavy atom. The SMILES string of the molecule is N=C(c1ccccc1)C(c1ccccc1)c1ccccc1. The van der Waals surface area contributed by atoms with Crippen molar-refractivity contribution in [3.8, 4) is 0 Å². The van der Waals surface area contributed by atoms with E-state index in [1.807, 2.05) is 66.7 Å². The topological polar surface area (TPSA) is 23.9 Å². The van der Waals surface area contributed by atoms with Gasteiger partial charge in [-0.05, 0) is 16.7 Å². The van der Waals surface area contributed by atoms with Gasteiger partial charge in [-0.25, -0.2) is 0 Å². The molecule has 0 unspecified atom stereocenters. The highest BCUT2D eigenvalue weighted by Crippen LogP contribution is 2.28. The molecule has 102 valence electrons. The number of benzene rings is 3. The fraction of sp³-hybridized carbons (Fsp3) is 0.0500. The van der Waals surface area contributed by atoms with Crippen molar-refractivity contribution in [1.82, 2.24) is 0 Å². The van der Waals surface area contributed by atoms with E-state index in [1.165, 1.54) is 0 Å². The van der Waals surface area contributed by atoms with Gasteiger partial charge in [0.25, 0.3) is 0 Å². The van der Waals surface area contributed by atoms with Crippen LogP contribution < -0.4 is 0 Å². The van der Waals surface area contributed by atoms with E-state index >= 15 is 0 Å². The van der Waals surface area contributed by atoms with E-state index in [-0.39, 0.29) is 5.92 Å². The van der Waals surface area contributed by atoms with E-state index in [4.69, 9.17) is 5.41 Å². The van der Waals surface area contributed by atoms with Crippen LogP contribution in [0.1, 0.15) is 22.6 Å². The van der Waals surface area contributed by atoms with Crippen LogP contribution in [0.3, 0.4) is 0 Å². The van der Waals surface area contributed by atoms with E-state index in [0.717, 1.165) is 16.7 Å². The van der Waals surface area contributed by atoms with Gasteiger partial charge in [0, 0.05) is 0 Å². The van der Waals surface area contributed by atoms with Crippen LogP contribution in [0, 0.1) is 5.41 Å². The quantitative estimate of drug-likeness (QED) is 0.653. The number of hydrogen-bond acceptors (Lipinski definition) is 1. The Morgan fingerprint density at radius 3 is 1.38 bits per heavy atom. The molecular weight excluding hydrogens is 254 g/mol. The molecule has 0 amide bonds. The maximum absolute atomic E-state index is 8.66. The van der Waals surface area contributed by atoms with Crippen molar-refractivity contribution in [2.24, 2.45) is 0 Å². The van der Waals surface area contributed by atoms with E-state index in [0.29, 0.717) is 5.71 Å². The Hall–Kier alpha value is -2.67. The molecule has 3 rings (SSSR count). The van der Waals surface area contributed by atoms with E-state index < -0.39 is 0 Å². The van der Waals surface area contributed by atoms with Crippen molar-refractivity contribution in [3.05, 3.63) is 108 Å². The largest absolute Gasteiger partial charge is 0.304 e. The number of rotatable bonds is 4. The average Bonchev–Trinajstić information content (AvgIpc) is 2.58. The molecule has 0 aliphatic carbocycles. The van der Waals surface area contributed by atoms with Gasteiger partial charge in [0.1, 0.15) is 0 Å². The van der Waals surface area contributed by atoms with Crippen molar-refractivity contribution in [2.45, 2.75) is 5.92 Å². The minimum absolute atomic E-state index is 0.0326. The van der Waals surface area contributed by atoms with Crippen LogP contribution in [-0.4, -0.2) is 5.71 Å². The zero-order valence-electron chi connectivity index (χ0n) is 11.7. The fourth-order valence-corrected chi connectivity index (χ4v) is 2.60. The molecule has 0 fully saturated rings. The molecule has 1 nitrogen and oxygen atoms in total. The molecule has 0 aliphatic rings. The van der Waals surface area contributed by atoms with Gasteiger partial charge in [0.05, 0.1) is 11.6 Å². The Morgan fingerprint density at radius 2 is 0.952 bits per heavy atom. The Labute approximate surface area is 125 Å². The van der Waals surface area contributed by atoms with E-state index in [9.17, 15) is 0 Å². The first-order valence-electron chi connectivity index (χ1n) is 7.10. The van der Waals surface area contributed by atoms with Crippen LogP contribution in [0.4, 0.5) is 0 Å². The molecule has 0 aliphatic heterocycles. The first-order valence-corrected chi connectivity index (χ1v) is 7.10. The summed E-state index contributed by atoms with van der Waals surface area (Å²) in [5, 5.41) is 8.66. The van der Waals surface area contributed by atoms with Crippen LogP contribution in [0.5, 0.6) is 0 Å². The molecule has 0 atom stereocenters. The van der Waals surface area contributed by atoms with Crippen LogP contribution in [0.2, 0.25) is 0 Å². The van der Waals surface area contributed by atoms with Crippen molar-refractivity contribution in [3.63, 3.8) is 0 Å². The molecule has 0 aromatic heterocycles. The Kier molecular flexibility index (Phi) is 3.92. The highest BCUT2D eigenvalue weighted by molar-refractivity contribution is 6.04. The van der Waals surface area contributed by atoms with Crippen LogP contribution in [0.25, 0.3) is 0 Å². The third-order valence-corrected chi connectivity index (χ3v) is 3.64. The minimum atomic E-state index is -0.0326. The molecule has 0 spiro atoms. The zero-order valence-corrected chi connectivity index (χ0v) is 11.7.